The average Bonchev–Trinajstić information content (AvgIpc) is 2.46. The molecule has 0 saturated heterocycles. The van der Waals surface area contributed by atoms with Gasteiger partial charge in [0.1, 0.15) is 5.75 Å². The Bertz CT molecular complexity index is 520. The normalized spacial score (nSPS) is 9.83. The fourth-order valence-corrected chi connectivity index (χ4v) is 1.78. The van der Waals surface area contributed by atoms with Gasteiger partial charge < -0.3 is 10.1 Å². The maximum atomic E-state index is 10.2. The number of hydrogen-bond donors (Lipinski definition) is 1. The summed E-state index contributed by atoms with van der Waals surface area (Å²) in [5, 5.41) is 2.64. The first kappa shape index (κ1) is 12.2. The van der Waals surface area contributed by atoms with Crippen molar-refractivity contribution in [1.29, 1.82) is 0 Å². The van der Waals surface area contributed by atoms with Crippen molar-refractivity contribution < 1.29 is 9.53 Å². The van der Waals surface area contributed by atoms with Crippen LogP contribution >= 0.6 is 0 Å². The van der Waals surface area contributed by atoms with E-state index in [-0.39, 0.29) is 0 Å². The van der Waals surface area contributed by atoms with E-state index in [1.807, 2.05) is 48.5 Å². The maximum absolute atomic E-state index is 10.2. The smallest absolute Gasteiger partial charge is 0.207 e. The molecule has 0 heterocycles. The molecule has 2 aromatic carbocycles. The van der Waals surface area contributed by atoms with Gasteiger partial charge in [-0.15, -0.1) is 0 Å². The van der Waals surface area contributed by atoms with Crippen LogP contribution in [-0.2, 0) is 11.3 Å². The molecular weight excluding hydrogens is 226 g/mol. The summed E-state index contributed by atoms with van der Waals surface area (Å²) in [6, 6.07) is 16.0. The minimum absolute atomic E-state index is 0.557. The van der Waals surface area contributed by atoms with Gasteiger partial charge in [0.2, 0.25) is 6.41 Å². The second-order valence-corrected chi connectivity index (χ2v) is 3.93. The van der Waals surface area contributed by atoms with Gasteiger partial charge in [0.05, 0.1) is 7.11 Å². The van der Waals surface area contributed by atoms with Crippen molar-refractivity contribution in [3.8, 4) is 16.9 Å². The van der Waals surface area contributed by atoms with E-state index in [9.17, 15) is 4.79 Å². The highest BCUT2D eigenvalue weighted by Gasteiger charge is 1.99. The summed E-state index contributed by atoms with van der Waals surface area (Å²) in [4.78, 5) is 10.2. The summed E-state index contributed by atoms with van der Waals surface area (Å²) in [5.41, 5.74) is 3.32. The van der Waals surface area contributed by atoms with Crippen molar-refractivity contribution in [2.75, 3.05) is 7.11 Å². The van der Waals surface area contributed by atoms with E-state index in [0.29, 0.717) is 13.0 Å². The van der Waals surface area contributed by atoms with Crippen LogP contribution in [0, 0.1) is 0 Å². The largest absolute Gasteiger partial charge is 0.497 e. The standard InChI is InChI=1S/C15H15NO2/c1-18-15-4-2-3-14(9-15)13-7-5-12(6-8-13)10-16-11-17/h2-9,11H,10H2,1H3,(H,16,17). The summed E-state index contributed by atoms with van der Waals surface area (Å²) in [6.45, 7) is 0.557. The average molecular weight is 241 g/mol. The molecule has 0 atom stereocenters. The predicted octanol–water partition coefficient (Wildman–Crippen LogP) is 2.61. The Morgan fingerprint density at radius 1 is 1.11 bits per heavy atom. The van der Waals surface area contributed by atoms with Crippen LogP contribution < -0.4 is 10.1 Å². The molecule has 0 aliphatic rings. The van der Waals surface area contributed by atoms with Crippen LogP contribution in [0.4, 0.5) is 0 Å². The molecule has 0 saturated carbocycles. The number of rotatable bonds is 5. The van der Waals surface area contributed by atoms with Crippen molar-refractivity contribution in [1.82, 2.24) is 5.32 Å². The number of nitrogens with one attached hydrogen (secondary N) is 1. The van der Waals surface area contributed by atoms with Crippen molar-refractivity contribution in [3.63, 3.8) is 0 Å². The van der Waals surface area contributed by atoms with Crippen LogP contribution in [0.25, 0.3) is 11.1 Å². The fourth-order valence-electron chi connectivity index (χ4n) is 1.78. The van der Waals surface area contributed by atoms with E-state index < -0.39 is 0 Å². The third-order valence-corrected chi connectivity index (χ3v) is 2.75. The Kier molecular flexibility index (Phi) is 3.97. The first-order chi connectivity index (χ1) is 8.83. The molecule has 3 nitrogen and oxygen atoms in total. The third-order valence-electron chi connectivity index (χ3n) is 2.75. The van der Waals surface area contributed by atoms with Gasteiger partial charge in [-0.1, -0.05) is 36.4 Å². The van der Waals surface area contributed by atoms with E-state index in [1.165, 1.54) is 0 Å². The van der Waals surface area contributed by atoms with Crippen LogP contribution in [0.5, 0.6) is 5.75 Å². The Morgan fingerprint density at radius 3 is 2.56 bits per heavy atom. The summed E-state index contributed by atoms with van der Waals surface area (Å²) >= 11 is 0. The molecule has 0 spiro atoms. The number of carbonyl (C=O) groups is 1. The summed E-state index contributed by atoms with van der Waals surface area (Å²) < 4.78 is 5.20. The van der Waals surface area contributed by atoms with E-state index in [2.05, 4.69) is 5.32 Å². The minimum Gasteiger partial charge on any atom is -0.497 e. The first-order valence-corrected chi connectivity index (χ1v) is 5.74. The molecule has 3 heteroatoms. The summed E-state index contributed by atoms with van der Waals surface area (Å²) in [5.74, 6) is 0.846. The molecule has 0 aliphatic heterocycles. The number of ether oxygens (including phenoxy) is 1. The molecule has 0 bridgehead atoms. The Hall–Kier alpha value is -2.29. The molecule has 0 radical (unpaired) electrons. The maximum Gasteiger partial charge on any atom is 0.207 e. The Morgan fingerprint density at radius 2 is 1.89 bits per heavy atom. The van der Waals surface area contributed by atoms with E-state index in [4.69, 9.17) is 4.74 Å². The van der Waals surface area contributed by atoms with Crippen LogP contribution in [0.15, 0.2) is 48.5 Å². The molecular formula is C15H15NO2. The summed E-state index contributed by atoms with van der Waals surface area (Å²) in [6.07, 6.45) is 0.704. The minimum atomic E-state index is 0.557. The van der Waals surface area contributed by atoms with E-state index >= 15 is 0 Å². The van der Waals surface area contributed by atoms with Gasteiger partial charge >= 0.3 is 0 Å². The molecule has 2 rings (SSSR count). The highest BCUT2D eigenvalue weighted by molar-refractivity contribution is 5.65. The second kappa shape index (κ2) is 5.87. The lowest BCUT2D eigenvalue weighted by Crippen LogP contribution is -2.09. The van der Waals surface area contributed by atoms with Gasteiger partial charge in [-0.2, -0.15) is 0 Å². The predicted molar refractivity (Wildman–Crippen MR) is 71.3 cm³/mol. The van der Waals surface area contributed by atoms with Crippen molar-refractivity contribution in [2.24, 2.45) is 0 Å². The van der Waals surface area contributed by atoms with Crippen molar-refractivity contribution in [2.45, 2.75) is 6.54 Å². The second-order valence-electron chi connectivity index (χ2n) is 3.93. The van der Waals surface area contributed by atoms with Gasteiger partial charge in [-0.3, -0.25) is 4.79 Å². The van der Waals surface area contributed by atoms with Crippen molar-refractivity contribution in [3.05, 3.63) is 54.1 Å². The zero-order valence-electron chi connectivity index (χ0n) is 10.2. The highest BCUT2D eigenvalue weighted by atomic mass is 16.5. The Balaban J connectivity index is 2.20. The number of carbonyl (C=O) groups excluding carboxylic acids is 1. The van der Waals surface area contributed by atoms with Gasteiger partial charge in [0, 0.05) is 6.54 Å². The lowest BCUT2D eigenvalue weighted by Gasteiger charge is -2.06. The number of amides is 1. The third kappa shape index (κ3) is 2.88. The van der Waals surface area contributed by atoms with Gasteiger partial charge in [-0.05, 0) is 28.8 Å². The molecule has 18 heavy (non-hydrogen) atoms. The molecule has 2 aromatic rings. The number of hydrogen-bond acceptors (Lipinski definition) is 2. The highest BCUT2D eigenvalue weighted by Crippen LogP contribution is 2.23. The topological polar surface area (TPSA) is 38.3 Å². The van der Waals surface area contributed by atoms with Gasteiger partial charge in [-0.25, -0.2) is 0 Å². The monoisotopic (exact) mass is 241 g/mol. The molecule has 1 amide bonds. The molecule has 0 unspecified atom stereocenters. The fraction of sp³-hybridized carbons (Fsp3) is 0.133. The van der Waals surface area contributed by atoms with Crippen LogP contribution in [0.2, 0.25) is 0 Å². The lowest BCUT2D eigenvalue weighted by atomic mass is 10.0. The first-order valence-electron chi connectivity index (χ1n) is 5.74. The zero-order valence-corrected chi connectivity index (χ0v) is 10.2. The molecule has 1 N–H and O–H groups in total. The van der Waals surface area contributed by atoms with Crippen molar-refractivity contribution >= 4 is 6.41 Å². The van der Waals surface area contributed by atoms with Gasteiger partial charge in [0.25, 0.3) is 0 Å². The zero-order chi connectivity index (χ0) is 12.8. The van der Waals surface area contributed by atoms with Crippen LogP contribution in [-0.4, -0.2) is 13.5 Å². The SMILES string of the molecule is COc1cccc(-c2ccc(CNC=O)cc2)c1. The molecule has 0 aliphatic carbocycles. The number of benzene rings is 2. The Labute approximate surface area is 106 Å². The quantitative estimate of drug-likeness (QED) is 0.817. The molecule has 0 fully saturated rings. The van der Waals surface area contributed by atoms with Crippen LogP contribution in [0.3, 0.4) is 0 Å². The molecule has 92 valence electrons. The van der Waals surface area contributed by atoms with Crippen LogP contribution in [0.1, 0.15) is 5.56 Å². The molecule has 0 aromatic heterocycles. The van der Waals surface area contributed by atoms with E-state index in [0.717, 1.165) is 22.4 Å². The van der Waals surface area contributed by atoms with E-state index in [1.54, 1.807) is 7.11 Å². The number of methoxy groups -OCH3 is 1. The van der Waals surface area contributed by atoms with Gasteiger partial charge in [0.15, 0.2) is 0 Å². The lowest BCUT2D eigenvalue weighted by molar-refractivity contribution is -0.109. The summed E-state index contributed by atoms with van der Waals surface area (Å²) in [7, 11) is 1.66.